The molecule has 0 atom stereocenters. The van der Waals surface area contributed by atoms with Crippen LogP contribution in [0.3, 0.4) is 0 Å². The standard InChI is InChI=1S/C13H11N5O2/c19-8-10-6-15-12(7-14-10)20-13-16-9-18(17-13)11-4-2-1-3-5-11/h1-7,9,19H,8H2. The summed E-state index contributed by atoms with van der Waals surface area (Å²) in [4.78, 5) is 12.0. The molecule has 2 aromatic heterocycles. The van der Waals surface area contributed by atoms with Crippen molar-refractivity contribution in [2.45, 2.75) is 6.61 Å². The zero-order valence-electron chi connectivity index (χ0n) is 10.4. The molecule has 0 aliphatic carbocycles. The highest BCUT2D eigenvalue weighted by molar-refractivity contribution is 5.29. The molecular weight excluding hydrogens is 258 g/mol. The minimum absolute atomic E-state index is 0.159. The molecule has 0 fully saturated rings. The van der Waals surface area contributed by atoms with Crippen molar-refractivity contribution in [2.75, 3.05) is 0 Å². The van der Waals surface area contributed by atoms with E-state index < -0.39 is 0 Å². The highest BCUT2D eigenvalue weighted by Crippen LogP contribution is 2.14. The van der Waals surface area contributed by atoms with Gasteiger partial charge in [0.1, 0.15) is 6.33 Å². The molecule has 0 bridgehead atoms. The fourth-order valence-corrected chi connectivity index (χ4v) is 1.57. The molecule has 0 amide bonds. The summed E-state index contributed by atoms with van der Waals surface area (Å²) in [6.45, 7) is -0.159. The van der Waals surface area contributed by atoms with Crippen LogP contribution in [0.15, 0.2) is 49.1 Å². The normalized spacial score (nSPS) is 10.4. The van der Waals surface area contributed by atoms with Crippen LogP contribution in [0.1, 0.15) is 5.69 Å². The minimum atomic E-state index is -0.159. The summed E-state index contributed by atoms with van der Waals surface area (Å²) in [5, 5.41) is 13.1. The molecule has 0 saturated heterocycles. The topological polar surface area (TPSA) is 86.0 Å². The van der Waals surface area contributed by atoms with Crippen LogP contribution < -0.4 is 4.74 Å². The molecule has 1 N–H and O–H groups in total. The number of rotatable bonds is 4. The molecule has 0 unspecified atom stereocenters. The van der Waals surface area contributed by atoms with Gasteiger partial charge in [-0.15, -0.1) is 5.10 Å². The van der Waals surface area contributed by atoms with Crippen LogP contribution in [-0.4, -0.2) is 29.8 Å². The van der Waals surface area contributed by atoms with Crippen molar-refractivity contribution >= 4 is 0 Å². The Balaban J connectivity index is 1.77. The quantitative estimate of drug-likeness (QED) is 0.769. The molecule has 0 spiro atoms. The van der Waals surface area contributed by atoms with Gasteiger partial charge in [0, 0.05) is 0 Å². The first kappa shape index (κ1) is 12.2. The Labute approximate surface area is 114 Å². The second-order valence-electron chi connectivity index (χ2n) is 3.91. The number of hydrogen-bond acceptors (Lipinski definition) is 6. The predicted molar refractivity (Wildman–Crippen MR) is 69.4 cm³/mol. The summed E-state index contributed by atoms with van der Waals surface area (Å²) < 4.78 is 6.98. The van der Waals surface area contributed by atoms with Crippen molar-refractivity contribution in [1.82, 2.24) is 24.7 Å². The Kier molecular flexibility index (Phi) is 3.34. The van der Waals surface area contributed by atoms with Crippen LogP contribution in [0, 0.1) is 0 Å². The fraction of sp³-hybridized carbons (Fsp3) is 0.0769. The van der Waals surface area contributed by atoms with Crippen LogP contribution in [0.25, 0.3) is 5.69 Å². The van der Waals surface area contributed by atoms with E-state index >= 15 is 0 Å². The first-order chi connectivity index (χ1) is 9.85. The van der Waals surface area contributed by atoms with Gasteiger partial charge in [0.25, 0.3) is 0 Å². The third kappa shape index (κ3) is 2.62. The Morgan fingerprint density at radius 1 is 1.05 bits per heavy atom. The summed E-state index contributed by atoms with van der Waals surface area (Å²) in [5.41, 5.74) is 1.36. The molecule has 0 aliphatic heterocycles. The van der Waals surface area contributed by atoms with Gasteiger partial charge in [0.2, 0.25) is 5.88 Å². The van der Waals surface area contributed by atoms with Crippen LogP contribution in [0.4, 0.5) is 0 Å². The number of aromatic nitrogens is 5. The van der Waals surface area contributed by atoms with Gasteiger partial charge in [-0.2, -0.15) is 4.98 Å². The van der Waals surface area contributed by atoms with Gasteiger partial charge in [0.05, 0.1) is 30.4 Å². The zero-order valence-corrected chi connectivity index (χ0v) is 10.4. The van der Waals surface area contributed by atoms with Crippen LogP contribution in [0.2, 0.25) is 0 Å². The molecule has 7 heteroatoms. The number of ether oxygens (including phenoxy) is 1. The lowest BCUT2D eigenvalue weighted by Crippen LogP contribution is -1.96. The van der Waals surface area contributed by atoms with E-state index in [1.165, 1.54) is 12.4 Å². The first-order valence-electron chi connectivity index (χ1n) is 5.92. The number of nitrogens with zero attached hydrogens (tertiary/aromatic N) is 5. The third-order valence-corrected chi connectivity index (χ3v) is 2.53. The predicted octanol–water partition coefficient (Wildman–Crippen LogP) is 1.34. The van der Waals surface area contributed by atoms with E-state index in [9.17, 15) is 0 Å². The van der Waals surface area contributed by atoms with Gasteiger partial charge >= 0.3 is 6.01 Å². The molecule has 0 saturated carbocycles. The Morgan fingerprint density at radius 2 is 1.90 bits per heavy atom. The maximum atomic E-state index is 8.88. The van der Waals surface area contributed by atoms with Gasteiger partial charge in [-0.25, -0.2) is 9.67 Å². The van der Waals surface area contributed by atoms with E-state index in [4.69, 9.17) is 9.84 Å². The van der Waals surface area contributed by atoms with Crippen molar-refractivity contribution in [1.29, 1.82) is 0 Å². The minimum Gasteiger partial charge on any atom is -0.402 e. The highest BCUT2D eigenvalue weighted by atomic mass is 16.5. The third-order valence-electron chi connectivity index (χ3n) is 2.53. The van der Waals surface area contributed by atoms with Crippen LogP contribution >= 0.6 is 0 Å². The molecule has 3 rings (SSSR count). The van der Waals surface area contributed by atoms with Crippen molar-refractivity contribution < 1.29 is 9.84 Å². The van der Waals surface area contributed by atoms with Gasteiger partial charge in [0.15, 0.2) is 0 Å². The van der Waals surface area contributed by atoms with Crippen LogP contribution in [0.5, 0.6) is 11.9 Å². The van der Waals surface area contributed by atoms with Crippen molar-refractivity contribution in [3.8, 4) is 17.6 Å². The Bertz CT molecular complexity index is 681. The average molecular weight is 269 g/mol. The smallest absolute Gasteiger partial charge is 0.342 e. The average Bonchev–Trinajstić information content (AvgIpc) is 2.97. The van der Waals surface area contributed by atoms with Crippen molar-refractivity contribution in [3.05, 3.63) is 54.7 Å². The monoisotopic (exact) mass is 269 g/mol. The number of para-hydroxylation sites is 1. The van der Waals surface area contributed by atoms with E-state index in [1.807, 2.05) is 30.3 Å². The number of aliphatic hydroxyl groups excluding tert-OH is 1. The number of benzene rings is 1. The second kappa shape index (κ2) is 5.45. The summed E-state index contributed by atoms with van der Waals surface area (Å²) in [6, 6.07) is 9.76. The lowest BCUT2D eigenvalue weighted by molar-refractivity contribution is 0.275. The largest absolute Gasteiger partial charge is 0.402 e. The van der Waals surface area contributed by atoms with Crippen molar-refractivity contribution in [3.63, 3.8) is 0 Å². The summed E-state index contributed by atoms with van der Waals surface area (Å²) >= 11 is 0. The maximum Gasteiger partial charge on any atom is 0.342 e. The lowest BCUT2D eigenvalue weighted by Gasteiger charge is -2.00. The lowest BCUT2D eigenvalue weighted by atomic mass is 10.3. The highest BCUT2D eigenvalue weighted by Gasteiger charge is 2.06. The Morgan fingerprint density at radius 3 is 2.60 bits per heavy atom. The van der Waals surface area contributed by atoms with Gasteiger partial charge < -0.3 is 9.84 Å². The van der Waals surface area contributed by atoms with E-state index in [0.29, 0.717) is 5.69 Å². The second-order valence-corrected chi connectivity index (χ2v) is 3.91. The Hall–Kier alpha value is -2.80. The van der Waals surface area contributed by atoms with Crippen LogP contribution in [-0.2, 0) is 6.61 Å². The van der Waals surface area contributed by atoms with E-state index in [0.717, 1.165) is 5.69 Å². The molecule has 100 valence electrons. The summed E-state index contributed by atoms with van der Waals surface area (Å²) in [6.07, 6.45) is 4.40. The molecule has 0 aliphatic rings. The zero-order chi connectivity index (χ0) is 13.8. The van der Waals surface area contributed by atoms with E-state index in [1.54, 1.807) is 11.0 Å². The number of aliphatic hydroxyl groups is 1. The summed E-state index contributed by atoms with van der Waals surface area (Å²) in [7, 11) is 0. The molecule has 7 nitrogen and oxygen atoms in total. The number of hydrogen-bond donors (Lipinski definition) is 1. The molecule has 0 radical (unpaired) electrons. The fourth-order valence-electron chi connectivity index (χ4n) is 1.57. The molecular formula is C13H11N5O2. The van der Waals surface area contributed by atoms with Crippen molar-refractivity contribution in [2.24, 2.45) is 0 Å². The molecule has 2 heterocycles. The summed E-state index contributed by atoms with van der Waals surface area (Å²) in [5.74, 6) is 0.271. The van der Waals surface area contributed by atoms with Gasteiger partial charge in [-0.05, 0) is 12.1 Å². The molecule has 1 aromatic carbocycles. The first-order valence-corrected chi connectivity index (χ1v) is 5.92. The van der Waals surface area contributed by atoms with E-state index in [2.05, 4.69) is 20.1 Å². The van der Waals surface area contributed by atoms with Gasteiger partial charge in [-0.1, -0.05) is 18.2 Å². The van der Waals surface area contributed by atoms with E-state index in [-0.39, 0.29) is 18.5 Å². The molecule has 20 heavy (non-hydrogen) atoms. The van der Waals surface area contributed by atoms with Gasteiger partial charge in [-0.3, -0.25) is 4.98 Å². The maximum absolute atomic E-state index is 8.88. The molecule has 3 aromatic rings. The SMILES string of the molecule is OCc1cnc(Oc2ncn(-c3ccccc3)n2)cn1.